The van der Waals surface area contributed by atoms with Crippen molar-refractivity contribution in [3.05, 3.63) is 0 Å². The molecule has 0 saturated carbocycles. The second kappa shape index (κ2) is 5.05. The van der Waals surface area contributed by atoms with E-state index in [9.17, 15) is 9.59 Å². The minimum absolute atomic E-state index is 0.0331. The van der Waals surface area contributed by atoms with Gasteiger partial charge in [0.05, 0.1) is 11.8 Å². The third-order valence-electron chi connectivity index (χ3n) is 2.97. The lowest BCUT2D eigenvalue weighted by atomic mass is 10.3. The number of amides is 1. The Morgan fingerprint density at radius 1 is 1.38 bits per heavy atom. The zero-order chi connectivity index (χ0) is 11.5. The lowest BCUT2D eigenvalue weighted by Crippen LogP contribution is -2.39. The van der Waals surface area contributed by atoms with E-state index >= 15 is 0 Å². The third-order valence-corrected chi connectivity index (χ3v) is 4.20. The van der Waals surface area contributed by atoms with Crippen LogP contribution in [-0.4, -0.2) is 52.1 Å². The first-order chi connectivity index (χ1) is 7.66. The van der Waals surface area contributed by atoms with E-state index in [-0.39, 0.29) is 11.3 Å². The maximum atomic E-state index is 11.8. The van der Waals surface area contributed by atoms with Crippen LogP contribution in [0.25, 0.3) is 0 Å². The van der Waals surface area contributed by atoms with Gasteiger partial charge in [0.25, 0.3) is 0 Å². The number of hydrogen-bond acceptors (Lipinski definition) is 4. The fourth-order valence-electron chi connectivity index (χ4n) is 2.05. The molecule has 2 aliphatic heterocycles. The first-order valence-electron chi connectivity index (χ1n) is 5.55. The Morgan fingerprint density at radius 2 is 2.06 bits per heavy atom. The topological polar surface area (TPSA) is 69.6 Å². The number of nitrogens with one attached hydrogen (secondary N) is 1. The molecular formula is C10H16N2O3S. The average Bonchev–Trinajstić information content (AvgIpc) is 2.87. The molecule has 0 bridgehead atoms. The molecule has 0 aromatic heterocycles. The van der Waals surface area contributed by atoms with E-state index in [0.717, 1.165) is 25.9 Å². The molecule has 0 aromatic rings. The first kappa shape index (κ1) is 11.7. The molecule has 0 aliphatic carbocycles. The molecule has 90 valence electrons. The van der Waals surface area contributed by atoms with Gasteiger partial charge in [-0.3, -0.25) is 14.9 Å². The molecular weight excluding hydrogens is 228 g/mol. The van der Waals surface area contributed by atoms with Gasteiger partial charge in [0.15, 0.2) is 0 Å². The summed E-state index contributed by atoms with van der Waals surface area (Å²) >= 11 is 1.53. The van der Waals surface area contributed by atoms with Crippen LogP contribution in [0, 0.1) is 0 Å². The molecule has 2 fully saturated rings. The number of carboxylic acid groups (broad SMARTS) is 1. The van der Waals surface area contributed by atoms with Crippen LogP contribution in [0.15, 0.2) is 0 Å². The van der Waals surface area contributed by atoms with Crippen molar-refractivity contribution in [1.82, 2.24) is 10.2 Å². The van der Waals surface area contributed by atoms with Crippen LogP contribution >= 0.6 is 11.8 Å². The summed E-state index contributed by atoms with van der Waals surface area (Å²) in [6.45, 7) is 1.72. The SMILES string of the molecule is O=C(O)[C@H]1CSC(CC(=O)N2CCCC2)N1. The summed E-state index contributed by atoms with van der Waals surface area (Å²) in [6, 6.07) is -0.499. The summed E-state index contributed by atoms with van der Waals surface area (Å²) in [5.74, 6) is -0.134. The van der Waals surface area contributed by atoms with Crippen molar-refractivity contribution in [3.8, 4) is 0 Å². The molecule has 2 N–H and O–H groups in total. The molecule has 0 aromatic carbocycles. The van der Waals surface area contributed by atoms with Crippen LogP contribution in [0.2, 0.25) is 0 Å². The third kappa shape index (κ3) is 2.68. The second-order valence-corrected chi connectivity index (χ2v) is 5.41. The molecule has 6 heteroatoms. The molecule has 2 rings (SSSR count). The van der Waals surface area contributed by atoms with Crippen molar-refractivity contribution in [1.29, 1.82) is 0 Å². The van der Waals surface area contributed by atoms with Crippen molar-refractivity contribution in [2.24, 2.45) is 0 Å². The molecule has 2 aliphatic rings. The van der Waals surface area contributed by atoms with E-state index in [1.807, 2.05) is 4.90 Å². The number of thioether (sulfide) groups is 1. The van der Waals surface area contributed by atoms with E-state index in [4.69, 9.17) is 5.11 Å². The average molecular weight is 244 g/mol. The standard InChI is InChI=1S/C10H16N2O3S/c13-9(12-3-1-2-4-12)5-8-11-7(6-16-8)10(14)15/h7-8,11H,1-6H2,(H,14,15)/t7-,8?/m1/s1. The Bertz CT molecular complexity index is 292. The summed E-state index contributed by atoms with van der Waals surface area (Å²) in [4.78, 5) is 24.4. The summed E-state index contributed by atoms with van der Waals surface area (Å²) in [7, 11) is 0. The van der Waals surface area contributed by atoms with Gasteiger partial charge < -0.3 is 10.0 Å². The number of rotatable bonds is 3. The van der Waals surface area contributed by atoms with Gasteiger partial charge in [0, 0.05) is 18.8 Å². The molecule has 5 nitrogen and oxygen atoms in total. The van der Waals surface area contributed by atoms with Crippen molar-refractivity contribution in [2.75, 3.05) is 18.8 Å². The van der Waals surface area contributed by atoms with E-state index in [0.29, 0.717) is 12.2 Å². The molecule has 2 saturated heterocycles. The highest BCUT2D eigenvalue weighted by molar-refractivity contribution is 8.00. The van der Waals surface area contributed by atoms with Gasteiger partial charge in [-0.05, 0) is 12.8 Å². The summed E-state index contributed by atoms with van der Waals surface area (Å²) < 4.78 is 0. The molecule has 0 radical (unpaired) electrons. The number of nitrogens with zero attached hydrogens (tertiary/aromatic N) is 1. The lowest BCUT2D eigenvalue weighted by molar-refractivity contribution is -0.139. The Hall–Kier alpha value is -0.750. The molecule has 1 unspecified atom stereocenters. The molecule has 0 spiro atoms. The zero-order valence-corrected chi connectivity index (χ0v) is 9.83. The number of aliphatic carboxylic acids is 1. The van der Waals surface area contributed by atoms with Crippen molar-refractivity contribution in [2.45, 2.75) is 30.7 Å². The Morgan fingerprint density at radius 3 is 2.62 bits per heavy atom. The number of carbonyl (C=O) groups excluding carboxylic acids is 1. The molecule has 16 heavy (non-hydrogen) atoms. The van der Waals surface area contributed by atoms with Crippen LogP contribution in [-0.2, 0) is 9.59 Å². The monoisotopic (exact) mass is 244 g/mol. The van der Waals surface area contributed by atoms with Gasteiger partial charge in [-0.15, -0.1) is 11.8 Å². The van der Waals surface area contributed by atoms with Gasteiger partial charge in [-0.1, -0.05) is 0 Å². The minimum Gasteiger partial charge on any atom is -0.480 e. The normalized spacial score (nSPS) is 29.6. The first-order valence-corrected chi connectivity index (χ1v) is 6.60. The Balaban J connectivity index is 1.78. The molecule has 1 amide bonds. The lowest BCUT2D eigenvalue weighted by Gasteiger charge is -2.17. The molecule has 2 atom stereocenters. The quantitative estimate of drug-likeness (QED) is 0.737. The smallest absolute Gasteiger partial charge is 0.321 e. The summed E-state index contributed by atoms with van der Waals surface area (Å²) in [5.41, 5.74) is 0. The zero-order valence-electron chi connectivity index (χ0n) is 9.02. The highest BCUT2D eigenvalue weighted by Gasteiger charge is 2.31. The fraction of sp³-hybridized carbons (Fsp3) is 0.800. The van der Waals surface area contributed by atoms with E-state index in [1.165, 1.54) is 11.8 Å². The number of carboxylic acids is 1. The molecule has 2 heterocycles. The highest BCUT2D eigenvalue weighted by atomic mass is 32.2. The Labute approximate surface area is 98.6 Å². The van der Waals surface area contributed by atoms with Gasteiger partial charge in [0.1, 0.15) is 6.04 Å². The number of likely N-dealkylation sites (tertiary alicyclic amines) is 1. The highest BCUT2D eigenvalue weighted by Crippen LogP contribution is 2.23. The number of hydrogen-bond donors (Lipinski definition) is 2. The van der Waals surface area contributed by atoms with E-state index < -0.39 is 12.0 Å². The summed E-state index contributed by atoms with van der Waals surface area (Å²) in [6.07, 6.45) is 2.60. The van der Waals surface area contributed by atoms with Gasteiger partial charge in [-0.25, -0.2) is 0 Å². The largest absolute Gasteiger partial charge is 0.480 e. The maximum Gasteiger partial charge on any atom is 0.321 e. The second-order valence-electron chi connectivity index (χ2n) is 4.17. The van der Waals surface area contributed by atoms with E-state index in [1.54, 1.807) is 0 Å². The predicted octanol–water partition coefficient (Wildman–Crippen LogP) is 0.115. The van der Waals surface area contributed by atoms with Crippen LogP contribution < -0.4 is 5.32 Å². The van der Waals surface area contributed by atoms with Gasteiger partial charge in [-0.2, -0.15) is 0 Å². The Kier molecular flexibility index (Phi) is 3.70. The summed E-state index contributed by atoms with van der Waals surface area (Å²) in [5, 5.41) is 11.7. The van der Waals surface area contributed by atoms with Crippen LogP contribution in [0.3, 0.4) is 0 Å². The van der Waals surface area contributed by atoms with Crippen molar-refractivity contribution < 1.29 is 14.7 Å². The predicted molar refractivity (Wildman–Crippen MR) is 61.2 cm³/mol. The van der Waals surface area contributed by atoms with Crippen molar-refractivity contribution in [3.63, 3.8) is 0 Å². The minimum atomic E-state index is -0.830. The van der Waals surface area contributed by atoms with Crippen LogP contribution in [0.1, 0.15) is 19.3 Å². The fourth-order valence-corrected chi connectivity index (χ4v) is 3.23. The van der Waals surface area contributed by atoms with Crippen LogP contribution in [0.5, 0.6) is 0 Å². The van der Waals surface area contributed by atoms with Crippen LogP contribution in [0.4, 0.5) is 0 Å². The van der Waals surface area contributed by atoms with Gasteiger partial charge in [0.2, 0.25) is 5.91 Å². The maximum absolute atomic E-state index is 11.8. The van der Waals surface area contributed by atoms with E-state index in [2.05, 4.69) is 5.32 Å². The van der Waals surface area contributed by atoms with Crippen molar-refractivity contribution >= 4 is 23.6 Å². The number of carbonyl (C=O) groups is 2. The van der Waals surface area contributed by atoms with Gasteiger partial charge >= 0.3 is 5.97 Å².